The number of hydrogen-bond acceptors (Lipinski definition) is 0. The quantitative estimate of drug-likeness (QED) is 0.171. The summed E-state index contributed by atoms with van der Waals surface area (Å²) >= 11 is 0. The van der Waals surface area contributed by atoms with E-state index in [0.717, 1.165) is 0 Å². The molecule has 0 nitrogen and oxygen atoms in total. The largest absolute Gasteiger partial charge is 0.0776 e. The minimum absolute atomic E-state index is 0. The number of rotatable bonds is 6. The smallest absolute Gasteiger partial charge is 0.0146 e. The average Bonchev–Trinajstić information content (AvgIpc) is 3.02. The van der Waals surface area contributed by atoms with Gasteiger partial charge in [0.15, 0.2) is 0 Å². The Hall–Kier alpha value is -3.90. The molecule has 0 saturated heterocycles. The summed E-state index contributed by atoms with van der Waals surface area (Å²) in [6.45, 7) is 31.4. The second-order valence-electron chi connectivity index (χ2n) is 15.7. The van der Waals surface area contributed by atoms with Crippen molar-refractivity contribution in [2.45, 2.75) is 128 Å². The molecule has 0 heterocycles. The van der Waals surface area contributed by atoms with Gasteiger partial charge < -0.3 is 0 Å². The molecule has 5 aromatic rings. The molecule has 0 fully saturated rings. The zero-order chi connectivity index (χ0) is 34.9. The van der Waals surface area contributed by atoms with Crippen LogP contribution in [0.25, 0.3) is 0 Å². The van der Waals surface area contributed by atoms with Gasteiger partial charge in [-0.15, -0.1) is 0 Å². The van der Waals surface area contributed by atoms with Crippen LogP contribution in [0.5, 0.6) is 0 Å². The van der Waals surface area contributed by atoms with E-state index in [9.17, 15) is 0 Å². The van der Waals surface area contributed by atoms with Crippen molar-refractivity contribution >= 4 is 0 Å². The Morgan fingerprint density at radius 2 is 0.469 bits per heavy atom. The summed E-state index contributed by atoms with van der Waals surface area (Å²) < 4.78 is 0. The van der Waals surface area contributed by atoms with Gasteiger partial charge in [-0.25, -0.2) is 0 Å². The van der Waals surface area contributed by atoms with Gasteiger partial charge in [0.25, 0.3) is 0 Å². The van der Waals surface area contributed by atoms with Gasteiger partial charge in [0.05, 0.1) is 0 Å². The van der Waals surface area contributed by atoms with Crippen LogP contribution < -0.4 is 0 Å². The maximum absolute atomic E-state index is 2.35. The van der Waals surface area contributed by atoms with Crippen LogP contribution in [0.4, 0.5) is 0 Å². The Balaban J connectivity index is 0.000000334. The van der Waals surface area contributed by atoms with Crippen LogP contribution in [0.1, 0.15) is 134 Å². The average molecular weight is 655 g/mol. The van der Waals surface area contributed by atoms with Gasteiger partial charge in [-0.1, -0.05) is 165 Å². The van der Waals surface area contributed by atoms with Gasteiger partial charge in [0.2, 0.25) is 0 Å². The maximum Gasteiger partial charge on any atom is 0.0146 e. The Bertz CT molecular complexity index is 1640. The lowest BCUT2D eigenvalue weighted by Crippen LogP contribution is -2.21. The molecule has 0 aliphatic rings. The molecule has 0 unspecified atom stereocenters. The lowest BCUT2D eigenvalue weighted by Gasteiger charge is -2.29. The maximum atomic E-state index is 2.35. The molecule has 262 valence electrons. The van der Waals surface area contributed by atoms with Crippen molar-refractivity contribution < 1.29 is 0 Å². The van der Waals surface area contributed by atoms with Crippen LogP contribution >= 0.6 is 0 Å². The van der Waals surface area contributed by atoms with E-state index in [1.807, 2.05) is 0 Å². The summed E-state index contributed by atoms with van der Waals surface area (Å²) in [6.07, 6.45) is 0. The van der Waals surface area contributed by atoms with Crippen LogP contribution in [0.2, 0.25) is 0 Å². The molecule has 5 rings (SSSR count). The molecule has 0 aliphatic carbocycles. The van der Waals surface area contributed by atoms with Gasteiger partial charge in [0, 0.05) is 16.2 Å². The topological polar surface area (TPSA) is 0 Å². The Labute approximate surface area is 302 Å². The van der Waals surface area contributed by atoms with E-state index in [1.54, 1.807) is 0 Å². The molecule has 0 aliphatic heterocycles. The van der Waals surface area contributed by atoms with E-state index < -0.39 is 0 Å². The first kappa shape index (κ1) is 41.3. The Morgan fingerprint density at radius 3 is 0.694 bits per heavy atom. The summed E-state index contributed by atoms with van der Waals surface area (Å²) in [6, 6.07) is 36.4. The van der Waals surface area contributed by atoms with Gasteiger partial charge in [-0.3, -0.25) is 0 Å². The van der Waals surface area contributed by atoms with Crippen molar-refractivity contribution in [1.29, 1.82) is 0 Å². The van der Waals surface area contributed by atoms with E-state index in [2.05, 4.69) is 194 Å². The molecule has 0 saturated carbocycles. The van der Waals surface area contributed by atoms with E-state index >= 15 is 0 Å². The van der Waals surface area contributed by atoms with Crippen LogP contribution in [0.3, 0.4) is 0 Å². The second kappa shape index (κ2) is 15.8. The van der Waals surface area contributed by atoms with Crippen molar-refractivity contribution in [3.8, 4) is 0 Å². The first-order valence-corrected chi connectivity index (χ1v) is 17.3. The molecule has 0 radical (unpaired) electrons. The molecular weight excluding hydrogens is 589 g/mol. The van der Waals surface area contributed by atoms with Crippen molar-refractivity contribution in [3.05, 3.63) is 175 Å². The highest BCUT2D eigenvalue weighted by Crippen LogP contribution is 2.37. The number of aryl methyl sites for hydroxylation is 6. The fourth-order valence-corrected chi connectivity index (χ4v) is 6.54. The summed E-state index contributed by atoms with van der Waals surface area (Å²) in [5.74, 6) is 0. The van der Waals surface area contributed by atoms with Gasteiger partial charge in [0.1, 0.15) is 0 Å². The molecule has 0 aromatic heterocycles. The summed E-state index contributed by atoms with van der Waals surface area (Å²) in [4.78, 5) is 0. The predicted octanol–water partition coefficient (Wildman–Crippen LogP) is 14.1. The first-order chi connectivity index (χ1) is 21.8. The number of hydrogen-bond donors (Lipinski definition) is 0. The SMILES string of the molecule is C.C.Cc1cc(C(C)(C)c2cc(C)c(C)c(C)c2)cc(C)c1C.Cc1ccc(C(C)(C)c2ccc(C(C)(C)c3ccc(C)cc3)cc2)cc1. The fourth-order valence-electron chi connectivity index (χ4n) is 6.54. The second-order valence-corrected chi connectivity index (χ2v) is 15.7. The molecule has 49 heavy (non-hydrogen) atoms. The van der Waals surface area contributed by atoms with Crippen LogP contribution in [0, 0.1) is 55.4 Å². The molecule has 0 spiro atoms. The summed E-state index contributed by atoms with van der Waals surface area (Å²) in [7, 11) is 0. The van der Waals surface area contributed by atoms with Crippen molar-refractivity contribution in [2.75, 3.05) is 0 Å². The molecular formula is C49H66. The van der Waals surface area contributed by atoms with E-state index in [4.69, 9.17) is 0 Å². The lowest BCUT2D eigenvalue weighted by molar-refractivity contribution is 0.626. The minimum Gasteiger partial charge on any atom is -0.0776 e. The van der Waals surface area contributed by atoms with Crippen molar-refractivity contribution in [1.82, 2.24) is 0 Å². The van der Waals surface area contributed by atoms with Crippen molar-refractivity contribution in [3.63, 3.8) is 0 Å². The van der Waals surface area contributed by atoms with Gasteiger partial charge >= 0.3 is 0 Å². The predicted molar refractivity (Wildman–Crippen MR) is 220 cm³/mol. The third kappa shape index (κ3) is 8.83. The van der Waals surface area contributed by atoms with Crippen LogP contribution in [-0.2, 0) is 16.2 Å². The Morgan fingerprint density at radius 1 is 0.286 bits per heavy atom. The number of benzene rings is 5. The zero-order valence-corrected chi connectivity index (χ0v) is 31.7. The minimum atomic E-state index is 0. The third-order valence-electron chi connectivity index (χ3n) is 11.2. The molecule has 0 atom stereocenters. The molecule has 0 amide bonds. The first-order valence-electron chi connectivity index (χ1n) is 17.3. The third-order valence-corrected chi connectivity index (χ3v) is 11.2. The van der Waals surface area contributed by atoms with Crippen molar-refractivity contribution in [2.24, 2.45) is 0 Å². The summed E-state index contributed by atoms with van der Waals surface area (Å²) in [5, 5.41) is 0. The summed E-state index contributed by atoms with van der Waals surface area (Å²) in [5.41, 5.74) is 19.2. The highest BCUT2D eigenvalue weighted by Gasteiger charge is 2.27. The normalized spacial score (nSPS) is 11.6. The fraction of sp³-hybridized carbons (Fsp3) is 0.388. The molecule has 5 aromatic carbocycles. The van der Waals surface area contributed by atoms with Gasteiger partial charge in [-0.05, 0) is 122 Å². The molecule has 0 bridgehead atoms. The van der Waals surface area contributed by atoms with Crippen LogP contribution in [0.15, 0.2) is 97.1 Å². The van der Waals surface area contributed by atoms with Gasteiger partial charge in [-0.2, -0.15) is 0 Å². The molecule has 0 N–H and O–H groups in total. The van der Waals surface area contributed by atoms with E-state index in [0.29, 0.717) is 0 Å². The standard InChI is InChI=1S/C26H30.C21H28.2CH4/c1-19-7-11-21(12-8-19)25(3,4)23-15-17-24(18-16-23)26(5,6)22-13-9-20(2)10-14-22;1-13-9-19(10-14(2)17(13)5)21(7,8)20-11-15(3)18(6)16(4)12-20;;/h7-18H,1-6H3;9-12H,1-8H3;2*1H4. The van der Waals surface area contributed by atoms with E-state index in [-0.39, 0.29) is 31.1 Å². The highest BCUT2D eigenvalue weighted by atomic mass is 14.3. The molecule has 0 heteroatoms. The Kier molecular flexibility index (Phi) is 13.3. The lowest BCUT2D eigenvalue weighted by atomic mass is 9.74. The highest BCUT2D eigenvalue weighted by molar-refractivity contribution is 5.48. The van der Waals surface area contributed by atoms with E-state index in [1.165, 1.54) is 77.9 Å². The van der Waals surface area contributed by atoms with Crippen LogP contribution in [-0.4, -0.2) is 0 Å². The monoisotopic (exact) mass is 655 g/mol. The zero-order valence-electron chi connectivity index (χ0n) is 31.7.